The molecule has 1 rings (SSSR count). The maximum Gasteiger partial charge on any atom is 0.328 e. The van der Waals surface area contributed by atoms with Gasteiger partial charge in [0.2, 0.25) is 5.88 Å². The minimum Gasteiger partial charge on any atom is -0.478 e. The second kappa shape index (κ2) is 10.6. The normalized spacial score (nSPS) is 12.3. The van der Waals surface area contributed by atoms with E-state index in [4.69, 9.17) is 14.9 Å². The van der Waals surface area contributed by atoms with Gasteiger partial charge in [0, 0.05) is 24.2 Å². The van der Waals surface area contributed by atoms with E-state index in [0.29, 0.717) is 24.6 Å². The second-order valence-electron chi connectivity index (χ2n) is 5.35. The lowest BCUT2D eigenvalue weighted by atomic mass is 10.1. The van der Waals surface area contributed by atoms with Crippen LogP contribution in [-0.2, 0) is 9.59 Å². The van der Waals surface area contributed by atoms with Gasteiger partial charge in [0.05, 0.1) is 11.7 Å². The molecule has 1 atom stereocenters. The van der Waals surface area contributed by atoms with Crippen LogP contribution in [0.4, 0.5) is 0 Å². The number of aliphatic carboxylic acids is 2. The number of nitrogens with one attached hydrogen (secondary N) is 1. The number of ether oxygens (including phenoxy) is 1. The number of carbonyl (C=O) groups is 2. The van der Waals surface area contributed by atoms with Crippen molar-refractivity contribution in [2.24, 2.45) is 0 Å². The van der Waals surface area contributed by atoms with Crippen molar-refractivity contribution in [3.8, 4) is 5.88 Å². The van der Waals surface area contributed by atoms with Crippen LogP contribution in [0.5, 0.6) is 5.88 Å². The van der Waals surface area contributed by atoms with Gasteiger partial charge in [0.25, 0.3) is 0 Å². The number of carboxylic acid groups (broad SMARTS) is 2. The number of aromatic nitrogens is 2. The average Bonchev–Trinajstić information content (AvgIpc) is 2.94. The highest BCUT2D eigenvalue weighted by Gasteiger charge is 2.12. The molecular weight excluding hydrogens is 326 g/mol. The third kappa shape index (κ3) is 14.7. The smallest absolute Gasteiger partial charge is 0.328 e. The van der Waals surface area contributed by atoms with Crippen LogP contribution < -0.4 is 10.1 Å². The van der Waals surface area contributed by atoms with Gasteiger partial charge in [0.1, 0.15) is 18.9 Å². The Morgan fingerprint density at radius 1 is 1.35 bits per heavy atom. The molecule has 1 aromatic rings. The summed E-state index contributed by atoms with van der Waals surface area (Å²) >= 11 is 1.09. The first-order chi connectivity index (χ1) is 10.6. The van der Waals surface area contributed by atoms with Gasteiger partial charge in [-0.2, -0.15) is 4.37 Å². The standard InChI is InChI=1S/C9H17N3O2S.C4H4O4/c1-9(2,3)10-4-7(13)6-14-8-5-11-15-12-8;5-3(6)1-2-4(7)8/h5,7,10,13H,4,6H2,1-3H3;1-2H,(H,5,6)(H,7,8)/b;2-1-. The first kappa shape index (κ1) is 21.0. The molecule has 9 nitrogen and oxygen atoms in total. The minimum atomic E-state index is -1.26. The summed E-state index contributed by atoms with van der Waals surface area (Å²) in [5, 5.41) is 28.4. The molecule has 0 fully saturated rings. The molecule has 0 aliphatic heterocycles. The van der Waals surface area contributed by atoms with Crippen LogP contribution in [0.15, 0.2) is 18.3 Å². The topological polar surface area (TPSA) is 142 Å². The zero-order chi connectivity index (χ0) is 17.9. The molecule has 0 aliphatic rings. The van der Waals surface area contributed by atoms with Crippen molar-refractivity contribution in [2.45, 2.75) is 32.4 Å². The number of nitrogens with zero attached hydrogens (tertiary/aromatic N) is 2. The zero-order valence-electron chi connectivity index (χ0n) is 13.1. The van der Waals surface area contributed by atoms with Crippen molar-refractivity contribution in [3.05, 3.63) is 18.3 Å². The maximum atomic E-state index is 9.58. The Bertz CT molecular complexity index is 482. The van der Waals surface area contributed by atoms with Crippen molar-refractivity contribution in [2.75, 3.05) is 13.2 Å². The minimum absolute atomic E-state index is 0.00314. The Hall–Kier alpha value is -2.04. The van der Waals surface area contributed by atoms with Crippen LogP contribution in [0.3, 0.4) is 0 Å². The molecule has 0 saturated heterocycles. The largest absolute Gasteiger partial charge is 0.478 e. The number of β-amino-alcohol motifs (C(OH)–C–C–N with tert-alkyl or cyclic N) is 1. The molecule has 0 saturated carbocycles. The van der Waals surface area contributed by atoms with Crippen molar-refractivity contribution in [3.63, 3.8) is 0 Å². The molecule has 23 heavy (non-hydrogen) atoms. The van der Waals surface area contributed by atoms with Crippen molar-refractivity contribution >= 4 is 23.7 Å². The van der Waals surface area contributed by atoms with Crippen molar-refractivity contribution in [1.29, 1.82) is 0 Å². The van der Waals surface area contributed by atoms with E-state index in [-0.39, 0.29) is 12.1 Å². The summed E-state index contributed by atoms with van der Waals surface area (Å²) < 4.78 is 12.9. The van der Waals surface area contributed by atoms with Gasteiger partial charge in [-0.3, -0.25) is 0 Å². The molecule has 1 heterocycles. The monoisotopic (exact) mass is 347 g/mol. The third-order valence-electron chi connectivity index (χ3n) is 2.00. The zero-order valence-corrected chi connectivity index (χ0v) is 13.9. The molecule has 4 N–H and O–H groups in total. The Kier molecular flexibility index (Phi) is 9.70. The number of carboxylic acids is 2. The Balaban J connectivity index is 0.000000515. The predicted octanol–water partition coefficient (Wildman–Crippen LogP) is 0.378. The Morgan fingerprint density at radius 2 is 1.91 bits per heavy atom. The molecule has 0 spiro atoms. The lowest BCUT2D eigenvalue weighted by molar-refractivity contribution is -0.134. The number of hydrogen-bond donors (Lipinski definition) is 4. The highest BCUT2D eigenvalue weighted by Crippen LogP contribution is 2.05. The average molecular weight is 347 g/mol. The van der Waals surface area contributed by atoms with Crippen LogP contribution in [0.1, 0.15) is 20.8 Å². The number of rotatable bonds is 7. The van der Waals surface area contributed by atoms with Gasteiger partial charge in [-0.25, -0.2) is 9.59 Å². The van der Waals surface area contributed by atoms with Crippen LogP contribution in [0.2, 0.25) is 0 Å². The molecule has 1 aromatic heterocycles. The van der Waals surface area contributed by atoms with Gasteiger partial charge in [-0.1, -0.05) is 0 Å². The van der Waals surface area contributed by atoms with E-state index in [1.165, 1.54) is 6.20 Å². The van der Waals surface area contributed by atoms with Gasteiger partial charge in [0.15, 0.2) is 0 Å². The van der Waals surface area contributed by atoms with Crippen LogP contribution in [0, 0.1) is 0 Å². The number of aliphatic hydroxyl groups excluding tert-OH is 1. The van der Waals surface area contributed by atoms with Gasteiger partial charge < -0.3 is 25.4 Å². The summed E-state index contributed by atoms with van der Waals surface area (Å²) in [5.41, 5.74) is 0.00314. The van der Waals surface area contributed by atoms with Gasteiger partial charge in [-0.05, 0) is 20.8 Å². The summed E-state index contributed by atoms with van der Waals surface area (Å²) in [5.74, 6) is -2.05. The van der Waals surface area contributed by atoms with Crippen LogP contribution >= 0.6 is 11.7 Å². The van der Waals surface area contributed by atoms with E-state index in [2.05, 4.69) is 14.1 Å². The predicted molar refractivity (Wildman–Crippen MR) is 83.6 cm³/mol. The quantitative estimate of drug-likeness (QED) is 0.515. The second-order valence-corrected chi connectivity index (χ2v) is 5.91. The van der Waals surface area contributed by atoms with E-state index in [1.807, 2.05) is 20.8 Å². The molecule has 10 heteroatoms. The highest BCUT2D eigenvalue weighted by molar-refractivity contribution is 6.99. The Morgan fingerprint density at radius 3 is 2.30 bits per heavy atom. The molecule has 130 valence electrons. The number of aliphatic hydroxyl groups is 1. The van der Waals surface area contributed by atoms with E-state index in [9.17, 15) is 14.7 Å². The summed E-state index contributed by atoms with van der Waals surface area (Å²) in [6.07, 6.45) is 2.12. The lowest BCUT2D eigenvalue weighted by Crippen LogP contribution is -2.42. The van der Waals surface area contributed by atoms with Crippen LogP contribution in [0.25, 0.3) is 0 Å². The molecule has 0 amide bonds. The molecule has 0 radical (unpaired) electrons. The SMILES string of the molecule is CC(C)(C)NCC(O)COc1cnsn1.O=C(O)/C=C\C(=O)O. The maximum absolute atomic E-state index is 9.58. The lowest BCUT2D eigenvalue weighted by Gasteiger charge is -2.22. The number of hydrogen-bond acceptors (Lipinski definition) is 8. The first-order valence-corrected chi connectivity index (χ1v) is 7.30. The fourth-order valence-corrected chi connectivity index (χ4v) is 1.39. The summed E-state index contributed by atoms with van der Waals surface area (Å²) in [6, 6.07) is 0. The molecule has 0 aliphatic carbocycles. The molecule has 0 bridgehead atoms. The summed E-state index contributed by atoms with van der Waals surface area (Å²) in [4.78, 5) is 19.1. The van der Waals surface area contributed by atoms with Gasteiger partial charge in [-0.15, -0.1) is 4.37 Å². The van der Waals surface area contributed by atoms with E-state index in [0.717, 1.165) is 11.7 Å². The third-order valence-corrected chi connectivity index (χ3v) is 2.46. The molecule has 0 aromatic carbocycles. The van der Waals surface area contributed by atoms with Crippen molar-refractivity contribution in [1.82, 2.24) is 14.1 Å². The molecular formula is C13H21N3O6S. The fraction of sp³-hybridized carbons (Fsp3) is 0.538. The van der Waals surface area contributed by atoms with E-state index in [1.54, 1.807) is 0 Å². The fourth-order valence-electron chi connectivity index (χ4n) is 1.03. The van der Waals surface area contributed by atoms with Gasteiger partial charge >= 0.3 is 11.9 Å². The van der Waals surface area contributed by atoms with Crippen LogP contribution in [-0.4, -0.2) is 60.8 Å². The molecule has 1 unspecified atom stereocenters. The van der Waals surface area contributed by atoms with E-state index >= 15 is 0 Å². The summed E-state index contributed by atoms with van der Waals surface area (Å²) in [7, 11) is 0. The van der Waals surface area contributed by atoms with Crippen molar-refractivity contribution < 1.29 is 29.6 Å². The summed E-state index contributed by atoms with van der Waals surface area (Å²) in [6.45, 7) is 6.87. The van der Waals surface area contributed by atoms with E-state index < -0.39 is 18.0 Å². The first-order valence-electron chi connectivity index (χ1n) is 6.57. The highest BCUT2D eigenvalue weighted by atomic mass is 32.1. The Labute approximate surface area is 137 Å².